The SMILES string of the molecule is CC(N)c1nnc(-c2cc(C(=O)N(C)C(C)C3=CC=CCC=C3)cc(-c3ccccc3C#N)c2)o1. The van der Waals surface area contributed by atoms with Crippen LogP contribution >= 0.6 is 0 Å². The molecule has 2 atom stereocenters. The molecule has 2 aromatic carbocycles. The third-order valence-corrected chi connectivity index (χ3v) is 6.01. The zero-order valence-corrected chi connectivity index (χ0v) is 20.0. The van der Waals surface area contributed by atoms with Gasteiger partial charge in [-0.2, -0.15) is 5.26 Å². The third kappa shape index (κ3) is 5.13. The zero-order chi connectivity index (χ0) is 24.9. The van der Waals surface area contributed by atoms with Crippen molar-refractivity contribution in [3.63, 3.8) is 0 Å². The molecular weight excluding hydrogens is 438 g/mol. The minimum atomic E-state index is -0.415. The largest absolute Gasteiger partial charge is 0.419 e. The topological polar surface area (TPSA) is 109 Å². The van der Waals surface area contributed by atoms with Gasteiger partial charge in [-0.05, 0) is 61.2 Å². The summed E-state index contributed by atoms with van der Waals surface area (Å²) in [5, 5.41) is 17.8. The van der Waals surface area contributed by atoms with Gasteiger partial charge in [-0.3, -0.25) is 4.79 Å². The normalized spacial score (nSPS) is 14.5. The van der Waals surface area contributed by atoms with Crippen molar-refractivity contribution in [1.82, 2.24) is 15.1 Å². The van der Waals surface area contributed by atoms with Crippen LogP contribution in [0.5, 0.6) is 0 Å². The van der Waals surface area contributed by atoms with Gasteiger partial charge < -0.3 is 15.1 Å². The molecule has 0 fully saturated rings. The van der Waals surface area contributed by atoms with Crippen molar-refractivity contribution in [2.75, 3.05) is 7.05 Å². The van der Waals surface area contributed by atoms with E-state index in [0.29, 0.717) is 33.7 Å². The van der Waals surface area contributed by atoms with E-state index in [9.17, 15) is 10.1 Å². The van der Waals surface area contributed by atoms with Gasteiger partial charge in [-0.15, -0.1) is 10.2 Å². The molecule has 7 heteroatoms. The van der Waals surface area contributed by atoms with Crippen molar-refractivity contribution in [2.45, 2.75) is 32.4 Å². The van der Waals surface area contributed by atoms with Crippen LogP contribution < -0.4 is 5.73 Å². The molecule has 176 valence electrons. The van der Waals surface area contributed by atoms with Crippen LogP contribution in [0.4, 0.5) is 0 Å². The Morgan fingerprint density at radius 2 is 1.91 bits per heavy atom. The number of allylic oxidation sites excluding steroid dienone is 4. The summed E-state index contributed by atoms with van der Waals surface area (Å²) in [6.07, 6.45) is 11.1. The van der Waals surface area contributed by atoms with Crippen LogP contribution in [0.25, 0.3) is 22.6 Å². The summed E-state index contributed by atoms with van der Waals surface area (Å²) < 4.78 is 5.77. The fraction of sp³-hybridized carbons (Fsp3) is 0.214. The lowest BCUT2D eigenvalue weighted by Crippen LogP contribution is -2.36. The molecule has 0 spiro atoms. The Kier molecular flexibility index (Phi) is 7.04. The number of carbonyl (C=O) groups is 1. The first-order valence-corrected chi connectivity index (χ1v) is 11.4. The highest BCUT2D eigenvalue weighted by atomic mass is 16.4. The van der Waals surface area contributed by atoms with Gasteiger partial charge in [-0.1, -0.05) is 48.6 Å². The first kappa shape index (κ1) is 23.9. The van der Waals surface area contributed by atoms with Crippen molar-refractivity contribution in [3.8, 4) is 28.7 Å². The van der Waals surface area contributed by atoms with Gasteiger partial charge >= 0.3 is 0 Å². The number of nitrogens with zero attached hydrogens (tertiary/aromatic N) is 4. The Morgan fingerprint density at radius 3 is 2.66 bits per heavy atom. The molecule has 1 aliphatic rings. The number of benzene rings is 2. The van der Waals surface area contributed by atoms with E-state index in [4.69, 9.17) is 10.2 Å². The minimum absolute atomic E-state index is 0.145. The second kappa shape index (κ2) is 10.3. The zero-order valence-electron chi connectivity index (χ0n) is 20.0. The molecule has 1 amide bonds. The lowest BCUT2D eigenvalue weighted by atomic mass is 9.95. The van der Waals surface area contributed by atoms with Gasteiger partial charge in [0.2, 0.25) is 11.8 Å². The highest BCUT2D eigenvalue weighted by Crippen LogP contribution is 2.31. The quantitative estimate of drug-likeness (QED) is 0.536. The number of aromatic nitrogens is 2. The van der Waals surface area contributed by atoms with E-state index in [-0.39, 0.29) is 17.8 Å². The van der Waals surface area contributed by atoms with Gasteiger partial charge in [0, 0.05) is 18.2 Å². The van der Waals surface area contributed by atoms with E-state index in [1.165, 1.54) is 0 Å². The lowest BCUT2D eigenvalue weighted by molar-refractivity contribution is 0.0765. The summed E-state index contributed by atoms with van der Waals surface area (Å²) in [4.78, 5) is 15.4. The van der Waals surface area contributed by atoms with Crippen LogP contribution in [0.3, 0.4) is 0 Å². The summed E-state index contributed by atoms with van der Waals surface area (Å²) in [5.74, 6) is 0.406. The number of likely N-dealkylation sites (N-methyl/N-ethyl adjacent to an activating group) is 1. The van der Waals surface area contributed by atoms with Crippen LogP contribution in [0.1, 0.15) is 48.1 Å². The molecule has 0 aliphatic heterocycles. The van der Waals surface area contributed by atoms with E-state index >= 15 is 0 Å². The highest BCUT2D eigenvalue weighted by molar-refractivity contribution is 5.97. The van der Waals surface area contributed by atoms with Gasteiger partial charge in [0.25, 0.3) is 5.91 Å². The molecule has 4 rings (SSSR count). The van der Waals surface area contributed by atoms with E-state index in [0.717, 1.165) is 12.0 Å². The number of hydrogen-bond donors (Lipinski definition) is 1. The smallest absolute Gasteiger partial charge is 0.254 e. The van der Waals surface area contributed by atoms with Crippen molar-refractivity contribution < 1.29 is 9.21 Å². The lowest BCUT2D eigenvalue weighted by Gasteiger charge is -2.26. The number of carbonyl (C=O) groups excluding carboxylic acids is 1. The van der Waals surface area contributed by atoms with Crippen molar-refractivity contribution in [1.29, 1.82) is 5.26 Å². The molecule has 1 aromatic heterocycles. The highest BCUT2D eigenvalue weighted by Gasteiger charge is 2.22. The molecule has 0 saturated heterocycles. The van der Waals surface area contributed by atoms with Crippen molar-refractivity contribution >= 4 is 5.91 Å². The van der Waals surface area contributed by atoms with Crippen LogP contribution in [0, 0.1) is 11.3 Å². The monoisotopic (exact) mass is 465 g/mol. The first-order valence-electron chi connectivity index (χ1n) is 11.4. The van der Waals surface area contributed by atoms with Gasteiger partial charge in [0.1, 0.15) is 0 Å². The fourth-order valence-electron chi connectivity index (χ4n) is 3.88. The van der Waals surface area contributed by atoms with Crippen LogP contribution in [-0.4, -0.2) is 34.1 Å². The summed E-state index contributed by atoms with van der Waals surface area (Å²) >= 11 is 0. The molecule has 3 aromatic rings. The number of amides is 1. The number of nitriles is 1. The average Bonchev–Trinajstić information content (AvgIpc) is 3.23. The molecule has 0 saturated carbocycles. The van der Waals surface area contributed by atoms with E-state index in [1.807, 2.05) is 49.4 Å². The van der Waals surface area contributed by atoms with Crippen molar-refractivity contribution in [2.24, 2.45) is 5.73 Å². The second-order valence-electron chi connectivity index (χ2n) is 8.52. The molecule has 1 aliphatic carbocycles. The van der Waals surface area contributed by atoms with Crippen LogP contribution in [0.2, 0.25) is 0 Å². The molecule has 2 N–H and O–H groups in total. The third-order valence-electron chi connectivity index (χ3n) is 6.01. The summed E-state index contributed by atoms with van der Waals surface area (Å²) in [6.45, 7) is 3.75. The molecule has 7 nitrogen and oxygen atoms in total. The molecule has 0 radical (unpaired) electrons. The maximum Gasteiger partial charge on any atom is 0.254 e. The summed E-state index contributed by atoms with van der Waals surface area (Å²) in [6, 6.07) is 14.3. The molecule has 0 bridgehead atoms. The van der Waals surface area contributed by atoms with E-state index in [2.05, 4.69) is 28.4 Å². The summed E-state index contributed by atoms with van der Waals surface area (Å²) in [5.41, 5.74) is 9.89. The first-order chi connectivity index (χ1) is 16.9. The number of hydrogen-bond acceptors (Lipinski definition) is 6. The predicted octanol–water partition coefficient (Wildman–Crippen LogP) is 5.20. The van der Waals surface area contributed by atoms with Gasteiger partial charge in [0.15, 0.2) is 0 Å². The number of rotatable bonds is 6. The minimum Gasteiger partial charge on any atom is -0.419 e. The Balaban J connectivity index is 1.79. The Hall–Kier alpha value is -4.28. The molecule has 35 heavy (non-hydrogen) atoms. The van der Waals surface area contributed by atoms with E-state index in [1.54, 1.807) is 37.1 Å². The number of nitrogens with two attached hydrogens (primary N) is 1. The van der Waals surface area contributed by atoms with Gasteiger partial charge in [-0.25, -0.2) is 0 Å². The van der Waals surface area contributed by atoms with Crippen molar-refractivity contribution in [3.05, 3.63) is 95.4 Å². The summed E-state index contributed by atoms with van der Waals surface area (Å²) in [7, 11) is 1.78. The van der Waals surface area contributed by atoms with Gasteiger partial charge in [0.05, 0.1) is 23.7 Å². The maximum atomic E-state index is 13.7. The van der Waals surface area contributed by atoms with Crippen LogP contribution in [-0.2, 0) is 0 Å². The standard InChI is InChI=1S/C28H27N5O2/c1-18(30)26-31-32-27(35-26)23-14-22(25-13-9-8-12-21(25)17-29)15-24(16-23)28(34)33(3)19(2)20-10-6-4-5-7-11-20/h4,6-16,18-19H,5,30H2,1-3H3. The fourth-order valence-corrected chi connectivity index (χ4v) is 3.88. The van der Waals surface area contributed by atoms with Crippen LogP contribution in [0.15, 0.2) is 82.8 Å². The predicted molar refractivity (Wildman–Crippen MR) is 135 cm³/mol. The Morgan fingerprint density at radius 1 is 1.14 bits per heavy atom. The average molecular weight is 466 g/mol. The Labute approximate surface area is 204 Å². The second-order valence-corrected chi connectivity index (χ2v) is 8.52. The maximum absolute atomic E-state index is 13.7. The molecule has 1 heterocycles. The molecular formula is C28H27N5O2. The van der Waals surface area contributed by atoms with E-state index < -0.39 is 6.04 Å². The Bertz CT molecular complexity index is 1370. The molecule has 2 unspecified atom stereocenters.